The lowest BCUT2D eigenvalue weighted by Gasteiger charge is -2.18. The number of carboxylic acids is 1. The number of carboxylic acid groups (broad SMARTS) is 1. The van der Waals surface area contributed by atoms with Gasteiger partial charge in [0.05, 0.1) is 17.5 Å². The van der Waals surface area contributed by atoms with Gasteiger partial charge in [-0.3, -0.25) is 4.79 Å². The highest BCUT2D eigenvalue weighted by molar-refractivity contribution is 8.01. The van der Waals surface area contributed by atoms with E-state index in [4.69, 9.17) is 5.11 Å². The second-order valence-corrected chi connectivity index (χ2v) is 8.29. The lowest BCUT2D eigenvalue weighted by molar-refractivity contribution is -0.119. The van der Waals surface area contributed by atoms with Crippen molar-refractivity contribution >= 4 is 35.0 Å². The van der Waals surface area contributed by atoms with E-state index in [9.17, 15) is 9.59 Å². The molecule has 5 nitrogen and oxygen atoms in total. The van der Waals surface area contributed by atoms with Crippen LogP contribution in [-0.4, -0.2) is 32.5 Å². The number of amides is 1. The number of aryl methyl sites for hydroxylation is 1. The Morgan fingerprint density at radius 3 is 2.50 bits per heavy atom. The number of hydrogen-bond acceptors (Lipinski definition) is 5. The van der Waals surface area contributed by atoms with Crippen LogP contribution in [0.1, 0.15) is 54.1 Å². The standard InChI is InChI=1S/C13H20N2O3S2/c1-7-10(12(17)18)20-11(15-7)8(2)14-9(16)6-19-13(3,4)5/h8H,6H2,1-5H3,(H,14,16)(H,17,18). The van der Waals surface area contributed by atoms with E-state index in [0.29, 0.717) is 16.5 Å². The number of aromatic carboxylic acids is 1. The second kappa shape index (κ2) is 6.58. The Balaban J connectivity index is 2.62. The van der Waals surface area contributed by atoms with E-state index in [2.05, 4.69) is 31.1 Å². The topological polar surface area (TPSA) is 79.3 Å². The Labute approximate surface area is 127 Å². The number of carbonyl (C=O) groups is 2. The van der Waals surface area contributed by atoms with Crippen LogP contribution in [0.3, 0.4) is 0 Å². The van der Waals surface area contributed by atoms with E-state index in [1.807, 2.05) is 6.92 Å². The van der Waals surface area contributed by atoms with Gasteiger partial charge >= 0.3 is 5.97 Å². The molecule has 1 aromatic heterocycles. The molecule has 1 rings (SSSR count). The normalized spacial score (nSPS) is 13.1. The largest absolute Gasteiger partial charge is 0.477 e. The van der Waals surface area contributed by atoms with E-state index in [1.54, 1.807) is 18.7 Å². The van der Waals surface area contributed by atoms with Crippen molar-refractivity contribution in [2.24, 2.45) is 0 Å². The van der Waals surface area contributed by atoms with Gasteiger partial charge < -0.3 is 10.4 Å². The number of nitrogens with one attached hydrogen (secondary N) is 1. The first-order valence-electron chi connectivity index (χ1n) is 6.24. The van der Waals surface area contributed by atoms with Crippen molar-refractivity contribution in [2.45, 2.75) is 45.4 Å². The van der Waals surface area contributed by atoms with Crippen LogP contribution in [0.15, 0.2) is 0 Å². The number of thiazole rings is 1. The van der Waals surface area contributed by atoms with Gasteiger partial charge in [-0.1, -0.05) is 20.8 Å². The number of thioether (sulfide) groups is 1. The monoisotopic (exact) mass is 316 g/mol. The van der Waals surface area contributed by atoms with Crippen molar-refractivity contribution in [3.8, 4) is 0 Å². The first-order valence-corrected chi connectivity index (χ1v) is 8.04. The molecule has 0 aliphatic rings. The van der Waals surface area contributed by atoms with Crippen molar-refractivity contribution < 1.29 is 14.7 Å². The molecule has 0 spiro atoms. The highest BCUT2D eigenvalue weighted by Gasteiger charge is 2.20. The van der Waals surface area contributed by atoms with Gasteiger partial charge in [-0.15, -0.1) is 23.1 Å². The summed E-state index contributed by atoms with van der Waals surface area (Å²) >= 11 is 2.68. The van der Waals surface area contributed by atoms with E-state index < -0.39 is 5.97 Å². The molecule has 0 aliphatic heterocycles. The van der Waals surface area contributed by atoms with Gasteiger partial charge in [0, 0.05) is 4.75 Å². The molecule has 0 saturated heterocycles. The van der Waals surface area contributed by atoms with Crippen LogP contribution >= 0.6 is 23.1 Å². The molecule has 0 saturated carbocycles. The van der Waals surface area contributed by atoms with Crippen LogP contribution in [0.25, 0.3) is 0 Å². The number of carbonyl (C=O) groups excluding carboxylic acids is 1. The molecule has 1 aromatic rings. The van der Waals surface area contributed by atoms with E-state index in [1.165, 1.54) is 0 Å². The zero-order valence-corrected chi connectivity index (χ0v) is 13.9. The zero-order valence-electron chi connectivity index (χ0n) is 12.3. The number of hydrogen-bond donors (Lipinski definition) is 2. The lowest BCUT2D eigenvalue weighted by Crippen LogP contribution is -2.29. The third kappa shape index (κ3) is 5.13. The SMILES string of the molecule is Cc1nc(C(C)NC(=O)CSC(C)(C)C)sc1C(=O)O. The molecule has 2 N–H and O–H groups in total. The predicted molar refractivity (Wildman–Crippen MR) is 82.6 cm³/mol. The van der Waals surface area contributed by atoms with Gasteiger partial charge in [-0.25, -0.2) is 9.78 Å². The Morgan fingerprint density at radius 1 is 1.45 bits per heavy atom. The number of aromatic nitrogens is 1. The quantitative estimate of drug-likeness (QED) is 0.873. The van der Waals surface area contributed by atoms with Crippen LogP contribution in [0.5, 0.6) is 0 Å². The molecule has 7 heteroatoms. The van der Waals surface area contributed by atoms with Crippen LogP contribution in [0.2, 0.25) is 0 Å². The first-order chi connectivity index (χ1) is 9.10. The van der Waals surface area contributed by atoms with Crippen molar-refractivity contribution in [2.75, 3.05) is 5.75 Å². The molecule has 1 unspecified atom stereocenters. The summed E-state index contributed by atoms with van der Waals surface area (Å²) < 4.78 is 0.0365. The Morgan fingerprint density at radius 2 is 2.05 bits per heavy atom. The molecule has 20 heavy (non-hydrogen) atoms. The molecule has 1 amide bonds. The summed E-state index contributed by atoms with van der Waals surface area (Å²) in [4.78, 5) is 27.2. The summed E-state index contributed by atoms with van der Waals surface area (Å²) in [5.41, 5.74) is 0.489. The van der Waals surface area contributed by atoms with Gasteiger partial charge in [-0.05, 0) is 13.8 Å². The molecule has 0 bridgehead atoms. The summed E-state index contributed by atoms with van der Waals surface area (Å²) in [5, 5.41) is 12.5. The van der Waals surface area contributed by atoms with Gasteiger partial charge in [0.1, 0.15) is 9.88 Å². The van der Waals surface area contributed by atoms with Crippen LogP contribution in [0, 0.1) is 6.92 Å². The van der Waals surface area contributed by atoms with Crippen molar-refractivity contribution in [1.82, 2.24) is 10.3 Å². The van der Waals surface area contributed by atoms with E-state index in [-0.39, 0.29) is 21.6 Å². The molecular weight excluding hydrogens is 296 g/mol. The van der Waals surface area contributed by atoms with E-state index >= 15 is 0 Å². The van der Waals surface area contributed by atoms with Gasteiger partial charge in [0.2, 0.25) is 5.91 Å². The maximum Gasteiger partial charge on any atom is 0.347 e. The fourth-order valence-electron chi connectivity index (χ4n) is 1.43. The molecule has 1 atom stereocenters. The Kier molecular flexibility index (Phi) is 5.59. The summed E-state index contributed by atoms with van der Waals surface area (Å²) in [6.07, 6.45) is 0. The van der Waals surface area contributed by atoms with Crippen molar-refractivity contribution in [3.63, 3.8) is 0 Å². The van der Waals surface area contributed by atoms with Crippen LogP contribution in [-0.2, 0) is 4.79 Å². The average molecular weight is 316 g/mol. The van der Waals surface area contributed by atoms with Gasteiger partial charge in [0.15, 0.2) is 0 Å². The molecular formula is C13H20N2O3S2. The van der Waals surface area contributed by atoms with Crippen molar-refractivity contribution in [1.29, 1.82) is 0 Å². The van der Waals surface area contributed by atoms with E-state index in [0.717, 1.165) is 11.3 Å². The van der Waals surface area contributed by atoms with Gasteiger partial charge in [0.25, 0.3) is 0 Å². The first kappa shape index (κ1) is 17.0. The fraction of sp³-hybridized carbons (Fsp3) is 0.615. The minimum Gasteiger partial charge on any atom is -0.477 e. The summed E-state index contributed by atoms with van der Waals surface area (Å²) in [7, 11) is 0. The highest BCUT2D eigenvalue weighted by atomic mass is 32.2. The van der Waals surface area contributed by atoms with Crippen molar-refractivity contribution in [3.05, 3.63) is 15.6 Å². The number of nitrogens with zero attached hydrogens (tertiary/aromatic N) is 1. The predicted octanol–water partition coefficient (Wildman–Crippen LogP) is 2.86. The third-order valence-electron chi connectivity index (χ3n) is 2.39. The Bertz CT molecular complexity index is 506. The molecule has 112 valence electrons. The Hall–Kier alpha value is -1.08. The maximum absolute atomic E-state index is 11.8. The molecule has 0 aromatic carbocycles. The van der Waals surface area contributed by atoms with Gasteiger partial charge in [-0.2, -0.15) is 0 Å². The van der Waals surface area contributed by atoms with Crippen LogP contribution < -0.4 is 5.32 Å². The molecule has 0 aliphatic carbocycles. The highest BCUT2D eigenvalue weighted by Crippen LogP contribution is 2.25. The van der Waals surface area contributed by atoms with Crippen LogP contribution in [0.4, 0.5) is 0 Å². The molecule has 0 radical (unpaired) electrons. The maximum atomic E-state index is 11.8. The molecule has 1 heterocycles. The zero-order chi connectivity index (χ0) is 15.5. The number of rotatable bonds is 5. The fourth-order valence-corrected chi connectivity index (χ4v) is 2.98. The third-order valence-corrected chi connectivity index (χ3v) is 4.99. The summed E-state index contributed by atoms with van der Waals surface area (Å²) in [6.45, 7) is 9.63. The smallest absolute Gasteiger partial charge is 0.347 e. The second-order valence-electron chi connectivity index (χ2n) is 5.46. The minimum absolute atomic E-state index is 0.0365. The molecule has 0 fully saturated rings. The minimum atomic E-state index is -0.979. The summed E-state index contributed by atoms with van der Waals surface area (Å²) in [5.74, 6) is -0.667. The summed E-state index contributed by atoms with van der Waals surface area (Å²) in [6, 6.07) is -0.278. The average Bonchev–Trinajstić information content (AvgIpc) is 2.68. The lowest BCUT2D eigenvalue weighted by atomic mass is 10.3.